The molecule has 27 heavy (non-hydrogen) atoms. The highest BCUT2D eigenvalue weighted by molar-refractivity contribution is 8.00. The van der Waals surface area contributed by atoms with E-state index >= 15 is 0 Å². The van der Waals surface area contributed by atoms with Crippen LogP contribution in [0.15, 0.2) is 33.9 Å². The molecular weight excluding hydrogens is 367 g/mol. The largest absolute Gasteiger partial charge is 0.411 e. The molecule has 1 aromatic heterocycles. The molecule has 0 saturated heterocycles. The van der Waals surface area contributed by atoms with E-state index in [1.807, 2.05) is 0 Å². The summed E-state index contributed by atoms with van der Waals surface area (Å²) in [5.74, 6) is -0.534. The van der Waals surface area contributed by atoms with Crippen molar-refractivity contribution in [2.24, 2.45) is 0 Å². The minimum atomic E-state index is -0.739. The molecule has 2 aromatic rings. The molecule has 142 valence electrons. The Morgan fingerprint density at radius 1 is 1.33 bits per heavy atom. The van der Waals surface area contributed by atoms with Gasteiger partial charge in [-0.3, -0.25) is 4.79 Å². The Labute approximate surface area is 161 Å². The fourth-order valence-corrected chi connectivity index (χ4v) is 4.12. The standard InChI is InChI=1S/C19H21FN4O2S/c1-13(17(25)24(2)19(12-21)10-6-3-7-11-19)27-18-23-22-16(26-18)14-8-4-5-9-15(14)20/h4-5,8-9,13H,3,6-7,10-11H2,1-2H3/t13-/m0/s1. The second-order valence-corrected chi connectivity index (χ2v) is 8.01. The van der Waals surface area contributed by atoms with Crippen LogP contribution in [0, 0.1) is 17.1 Å². The lowest BCUT2D eigenvalue weighted by Gasteiger charge is -2.39. The van der Waals surface area contributed by atoms with Crippen LogP contribution in [0.4, 0.5) is 4.39 Å². The van der Waals surface area contributed by atoms with Crippen LogP contribution in [-0.4, -0.2) is 38.8 Å². The van der Waals surface area contributed by atoms with E-state index in [9.17, 15) is 14.4 Å². The molecule has 1 atom stereocenters. The predicted molar refractivity (Wildman–Crippen MR) is 99.2 cm³/mol. The van der Waals surface area contributed by atoms with Crippen LogP contribution in [-0.2, 0) is 4.79 Å². The van der Waals surface area contributed by atoms with Gasteiger partial charge < -0.3 is 9.32 Å². The SMILES string of the molecule is C[C@H](Sc1nnc(-c2ccccc2F)o1)C(=O)N(C)C1(C#N)CCCCC1. The maximum atomic E-state index is 13.8. The number of hydrogen-bond acceptors (Lipinski definition) is 6. The molecule has 0 N–H and O–H groups in total. The Hall–Kier alpha value is -2.40. The zero-order chi connectivity index (χ0) is 19.4. The first-order chi connectivity index (χ1) is 13.0. The number of amides is 1. The van der Waals surface area contributed by atoms with Crippen LogP contribution in [0.1, 0.15) is 39.0 Å². The van der Waals surface area contributed by atoms with Crippen molar-refractivity contribution in [1.29, 1.82) is 5.26 Å². The van der Waals surface area contributed by atoms with Crippen molar-refractivity contribution >= 4 is 17.7 Å². The van der Waals surface area contributed by atoms with Crippen LogP contribution in [0.3, 0.4) is 0 Å². The van der Waals surface area contributed by atoms with E-state index in [4.69, 9.17) is 4.42 Å². The Kier molecular flexibility index (Phi) is 5.80. The predicted octanol–water partition coefficient (Wildman–Crippen LogP) is 4.04. The van der Waals surface area contributed by atoms with Crippen molar-refractivity contribution in [3.05, 3.63) is 30.1 Å². The van der Waals surface area contributed by atoms with Gasteiger partial charge in [0.05, 0.1) is 16.9 Å². The maximum absolute atomic E-state index is 13.8. The van der Waals surface area contributed by atoms with E-state index < -0.39 is 16.6 Å². The van der Waals surface area contributed by atoms with Gasteiger partial charge in [0.25, 0.3) is 11.1 Å². The molecule has 1 aromatic carbocycles. The van der Waals surface area contributed by atoms with Crippen LogP contribution >= 0.6 is 11.8 Å². The molecule has 0 spiro atoms. The van der Waals surface area contributed by atoms with Crippen molar-refractivity contribution in [2.75, 3.05) is 7.05 Å². The zero-order valence-corrected chi connectivity index (χ0v) is 16.1. The normalized spacial score (nSPS) is 17.1. The van der Waals surface area contributed by atoms with Gasteiger partial charge in [-0.15, -0.1) is 10.2 Å². The Morgan fingerprint density at radius 3 is 2.70 bits per heavy atom. The highest BCUT2D eigenvalue weighted by Crippen LogP contribution is 2.35. The molecular formula is C19H21FN4O2S. The zero-order valence-electron chi connectivity index (χ0n) is 15.3. The van der Waals surface area contributed by atoms with Gasteiger partial charge in [0.1, 0.15) is 11.4 Å². The first-order valence-electron chi connectivity index (χ1n) is 8.91. The van der Waals surface area contributed by atoms with E-state index in [0.29, 0.717) is 12.8 Å². The lowest BCUT2D eigenvalue weighted by molar-refractivity contribution is -0.133. The van der Waals surface area contributed by atoms with Crippen molar-refractivity contribution in [3.8, 4) is 17.5 Å². The van der Waals surface area contributed by atoms with Crippen molar-refractivity contribution in [1.82, 2.24) is 15.1 Å². The number of halogens is 1. The van der Waals surface area contributed by atoms with Gasteiger partial charge in [-0.2, -0.15) is 5.26 Å². The molecule has 1 aliphatic carbocycles. The monoisotopic (exact) mass is 388 g/mol. The first-order valence-corrected chi connectivity index (χ1v) is 9.79. The smallest absolute Gasteiger partial charge is 0.277 e. The Balaban J connectivity index is 1.70. The van der Waals surface area contributed by atoms with Gasteiger partial charge >= 0.3 is 0 Å². The minimum absolute atomic E-state index is 0.0735. The third-order valence-electron chi connectivity index (χ3n) is 5.00. The second-order valence-electron chi connectivity index (χ2n) is 6.71. The Morgan fingerprint density at radius 2 is 2.04 bits per heavy atom. The van der Waals surface area contributed by atoms with Crippen LogP contribution in [0.25, 0.3) is 11.5 Å². The summed E-state index contributed by atoms with van der Waals surface area (Å²) in [7, 11) is 1.69. The number of carbonyl (C=O) groups excluding carboxylic acids is 1. The number of carbonyl (C=O) groups is 1. The summed E-state index contributed by atoms with van der Waals surface area (Å²) in [4.78, 5) is 14.4. The van der Waals surface area contributed by atoms with Gasteiger partial charge in [-0.1, -0.05) is 43.2 Å². The average Bonchev–Trinajstić information content (AvgIpc) is 3.15. The number of rotatable bonds is 5. The van der Waals surface area contributed by atoms with E-state index in [0.717, 1.165) is 31.0 Å². The van der Waals surface area contributed by atoms with Crippen molar-refractivity contribution in [3.63, 3.8) is 0 Å². The van der Waals surface area contributed by atoms with Crippen LogP contribution in [0.5, 0.6) is 0 Å². The van der Waals surface area contributed by atoms with Crippen LogP contribution < -0.4 is 0 Å². The molecule has 0 aliphatic heterocycles. The highest BCUT2D eigenvalue weighted by atomic mass is 32.2. The first kappa shape index (κ1) is 19.4. The number of benzene rings is 1. The average molecular weight is 388 g/mol. The van der Waals surface area contributed by atoms with Crippen molar-refractivity contribution < 1.29 is 13.6 Å². The second kappa shape index (κ2) is 8.09. The number of nitrogens with zero attached hydrogens (tertiary/aromatic N) is 4. The van der Waals surface area contributed by atoms with Gasteiger partial charge in [-0.25, -0.2) is 4.39 Å². The summed E-state index contributed by atoms with van der Waals surface area (Å²) in [6.45, 7) is 1.74. The highest BCUT2D eigenvalue weighted by Gasteiger charge is 2.40. The molecule has 8 heteroatoms. The van der Waals surface area contributed by atoms with Crippen molar-refractivity contribution in [2.45, 2.75) is 55.0 Å². The summed E-state index contributed by atoms with van der Waals surface area (Å²) in [6, 6.07) is 8.49. The minimum Gasteiger partial charge on any atom is -0.411 e. The summed E-state index contributed by atoms with van der Waals surface area (Å²) >= 11 is 1.11. The van der Waals surface area contributed by atoms with E-state index in [2.05, 4.69) is 16.3 Å². The summed E-state index contributed by atoms with van der Waals surface area (Å²) < 4.78 is 19.4. The quantitative estimate of drug-likeness (QED) is 0.719. The van der Waals surface area contributed by atoms with Gasteiger partial charge in [0.15, 0.2) is 0 Å². The fraction of sp³-hybridized carbons (Fsp3) is 0.474. The van der Waals surface area contributed by atoms with Crippen LogP contribution in [0.2, 0.25) is 0 Å². The van der Waals surface area contributed by atoms with E-state index in [1.165, 1.54) is 6.07 Å². The molecule has 0 bridgehead atoms. The van der Waals surface area contributed by atoms with Gasteiger partial charge in [-0.05, 0) is 31.9 Å². The van der Waals surface area contributed by atoms with E-state index in [1.54, 1.807) is 37.1 Å². The molecule has 1 aliphatic rings. The summed E-state index contributed by atoms with van der Waals surface area (Å²) in [5.41, 5.74) is -0.518. The lowest BCUT2D eigenvalue weighted by atomic mass is 9.81. The topological polar surface area (TPSA) is 83.0 Å². The number of hydrogen-bond donors (Lipinski definition) is 0. The number of aromatic nitrogens is 2. The molecule has 1 heterocycles. The van der Waals surface area contributed by atoms with Gasteiger partial charge in [0.2, 0.25) is 5.91 Å². The molecule has 1 saturated carbocycles. The molecule has 1 amide bonds. The Bertz CT molecular complexity index is 857. The van der Waals surface area contributed by atoms with Gasteiger partial charge in [0, 0.05) is 7.05 Å². The summed E-state index contributed by atoms with van der Waals surface area (Å²) in [5, 5.41) is 17.1. The molecule has 0 unspecified atom stereocenters. The number of nitriles is 1. The third kappa shape index (κ3) is 3.98. The fourth-order valence-electron chi connectivity index (χ4n) is 3.35. The summed E-state index contributed by atoms with van der Waals surface area (Å²) in [6.07, 6.45) is 4.38. The molecule has 6 nitrogen and oxygen atoms in total. The number of thioether (sulfide) groups is 1. The third-order valence-corrected chi connectivity index (χ3v) is 5.92. The molecule has 1 fully saturated rings. The maximum Gasteiger partial charge on any atom is 0.277 e. The van der Waals surface area contributed by atoms with E-state index in [-0.39, 0.29) is 22.6 Å². The lowest BCUT2D eigenvalue weighted by Crippen LogP contribution is -2.52. The molecule has 3 rings (SSSR count). The molecule has 0 radical (unpaired) electrons.